The van der Waals surface area contributed by atoms with Crippen LogP contribution in [-0.2, 0) is 5.41 Å². The molecule has 0 aliphatic rings. The molecular formula is C18H23NO. The molecular weight excluding hydrogens is 246 g/mol. The Morgan fingerprint density at radius 3 is 1.65 bits per heavy atom. The molecule has 0 bridgehead atoms. The van der Waals surface area contributed by atoms with Gasteiger partial charge in [0.1, 0.15) is 0 Å². The first-order valence-electron chi connectivity index (χ1n) is 6.74. The number of nitrogens with zero attached hydrogens (tertiary/aromatic N) is 1. The molecule has 0 spiro atoms. The average Bonchev–Trinajstić information content (AvgIpc) is 2.48. The molecule has 0 heterocycles. The number of hydrogen-bond acceptors (Lipinski definition) is 2. The Morgan fingerprint density at radius 2 is 1.30 bits per heavy atom. The molecule has 0 atom stereocenters. The van der Waals surface area contributed by atoms with E-state index in [4.69, 9.17) is 5.21 Å². The van der Waals surface area contributed by atoms with E-state index in [1.165, 1.54) is 5.56 Å². The van der Waals surface area contributed by atoms with Crippen molar-refractivity contribution in [3.05, 3.63) is 71.8 Å². The van der Waals surface area contributed by atoms with Crippen molar-refractivity contribution in [3.63, 3.8) is 0 Å². The van der Waals surface area contributed by atoms with Crippen LogP contribution in [0.2, 0.25) is 0 Å². The molecule has 2 heteroatoms. The minimum absolute atomic E-state index is 0.293. The maximum absolute atomic E-state index is 8.38. The maximum atomic E-state index is 8.38. The Bertz CT molecular complexity index is 524. The van der Waals surface area contributed by atoms with Crippen LogP contribution in [0.5, 0.6) is 0 Å². The lowest BCUT2D eigenvalue weighted by Crippen LogP contribution is -2.10. The van der Waals surface area contributed by atoms with Crippen molar-refractivity contribution in [2.45, 2.75) is 33.1 Å². The van der Waals surface area contributed by atoms with Crippen molar-refractivity contribution in [3.8, 4) is 0 Å². The minimum Gasteiger partial charge on any atom is -0.411 e. The van der Waals surface area contributed by atoms with E-state index in [-0.39, 0.29) is 0 Å². The summed E-state index contributed by atoms with van der Waals surface area (Å²) in [6.45, 7) is 8.43. The van der Waals surface area contributed by atoms with Gasteiger partial charge in [0, 0.05) is 0 Å². The smallest absolute Gasteiger partial charge is 0.0836 e. The topological polar surface area (TPSA) is 32.6 Å². The van der Waals surface area contributed by atoms with Gasteiger partial charge in [0.2, 0.25) is 0 Å². The van der Waals surface area contributed by atoms with Crippen LogP contribution >= 0.6 is 0 Å². The highest BCUT2D eigenvalue weighted by atomic mass is 16.4. The summed E-state index contributed by atoms with van der Waals surface area (Å²) < 4.78 is 0. The van der Waals surface area contributed by atoms with Crippen molar-refractivity contribution in [2.75, 3.05) is 0 Å². The lowest BCUT2D eigenvalue weighted by molar-refractivity contribution is 0.319. The van der Waals surface area contributed by atoms with Gasteiger partial charge >= 0.3 is 0 Å². The number of hydrogen-bond donors (Lipinski definition) is 1. The van der Waals surface area contributed by atoms with Gasteiger partial charge < -0.3 is 5.21 Å². The first-order valence-corrected chi connectivity index (χ1v) is 6.74. The fourth-order valence-corrected chi connectivity index (χ4v) is 1.68. The molecule has 0 radical (unpaired) electrons. The van der Waals surface area contributed by atoms with E-state index in [2.05, 4.69) is 56.3 Å². The van der Waals surface area contributed by atoms with Gasteiger partial charge in [-0.15, -0.1) is 0 Å². The molecule has 2 aromatic carbocycles. The second kappa shape index (κ2) is 7.49. The van der Waals surface area contributed by atoms with Crippen molar-refractivity contribution in [1.29, 1.82) is 0 Å². The van der Waals surface area contributed by atoms with Gasteiger partial charge in [-0.2, -0.15) is 0 Å². The molecule has 0 saturated carbocycles. The molecule has 2 nitrogen and oxygen atoms in total. The Kier molecular flexibility index (Phi) is 5.98. The molecule has 0 aromatic heterocycles. The normalized spacial score (nSPS) is 11.5. The van der Waals surface area contributed by atoms with Gasteiger partial charge in [0.25, 0.3) is 0 Å². The maximum Gasteiger partial charge on any atom is 0.0836 e. The quantitative estimate of drug-likeness (QED) is 0.447. The van der Waals surface area contributed by atoms with Crippen LogP contribution in [0.3, 0.4) is 0 Å². The Balaban J connectivity index is 0.000000200. The van der Waals surface area contributed by atoms with Crippen LogP contribution in [-0.4, -0.2) is 10.9 Å². The molecule has 0 aliphatic carbocycles. The summed E-state index contributed by atoms with van der Waals surface area (Å²) in [4.78, 5) is 0. The fraction of sp³-hybridized carbons (Fsp3) is 0.278. The third-order valence-corrected chi connectivity index (χ3v) is 2.98. The third kappa shape index (κ3) is 5.27. The zero-order valence-electron chi connectivity index (χ0n) is 12.7. The van der Waals surface area contributed by atoms with E-state index in [1.807, 2.05) is 30.3 Å². The van der Waals surface area contributed by atoms with Crippen LogP contribution in [0.1, 0.15) is 38.8 Å². The lowest BCUT2D eigenvalue weighted by Gasteiger charge is -2.18. The van der Waals surface area contributed by atoms with E-state index in [0.29, 0.717) is 11.1 Å². The standard InChI is InChI=1S/C10H14.C8H9NO/c1-10(2,3)9-7-5-4-6-8-9;1-7(9-10)8-5-3-2-4-6-8/h4-8H,1-3H3;2-6,10H,1H3. The summed E-state index contributed by atoms with van der Waals surface area (Å²) in [6.07, 6.45) is 0. The summed E-state index contributed by atoms with van der Waals surface area (Å²) >= 11 is 0. The molecule has 1 N–H and O–H groups in total. The first-order chi connectivity index (χ1) is 9.45. The zero-order valence-corrected chi connectivity index (χ0v) is 12.7. The summed E-state index contributed by atoms with van der Waals surface area (Å²) in [5.41, 5.74) is 3.28. The largest absolute Gasteiger partial charge is 0.411 e. The molecule has 0 amide bonds. The monoisotopic (exact) mass is 269 g/mol. The van der Waals surface area contributed by atoms with Gasteiger partial charge in [-0.3, -0.25) is 0 Å². The molecule has 0 aliphatic heterocycles. The lowest BCUT2D eigenvalue weighted by atomic mass is 9.87. The average molecular weight is 269 g/mol. The second-order valence-electron chi connectivity index (χ2n) is 5.67. The number of benzene rings is 2. The van der Waals surface area contributed by atoms with Crippen LogP contribution in [0.15, 0.2) is 65.8 Å². The molecule has 0 saturated heterocycles. The summed E-state index contributed by atoms with van der Waals surface area (Å²) in [6, 6.07) is 20.1. The molecule has 2 rings (SSSR count). The Labute approximate surface area is 121 Å². The zero-order chi connectivity index (χ0) is 15.0. The fourth-order valence-electron chi connectivity index (χ4n) is 1.68. The summed E-state index contributed by atoms with van der Waals surface area (Å²) in [5, 5.41) is 11.5. The molecule has 106 valence electrons. The van der Waals surface area contributed by atoms with E-state index in [1.54, 1.807) is 6.92 Å². The summed E-state index contributed by atoms with van der Waals surface area (Å²) in [7, 11) is 0. The van der Waals surface area contributed by atoms with Crippen LogP contribution < -0.4 is 0 Å². The molecule has 0 fully saturated rings. The van der Waals surface area contributed by atoms with Gasteiger partial charge in [0.15, 0.2) is 0 Å². The molecule has 20 heavy (non-hydrogen) atoms. The minimum atomic E-state index is 0.293. The van der Waals surface area contributed by atoms with Gasteiger partial charge in [0.05, 0.1) is 5.71 Å². The van der Waals surface area contributed by atoms with Gasteiger partial charge in [-0.05, 0) is 23.5 Å². The SMILES string of the molecule is CC(=NO)c1ccccc1.CC(C)(C)c1ccccc1. The predicted octanol–water partition coefficient (Wildman–Crippen LogP) is 4.87. The van der Waals surface area contributed by atoms with E-state index in [0.717, 1.165) is 5.56 Å². The number of rotatable bonds is 1. The third-order valence-electron chi connectivity index (χ3n) is 2.98. The van der Waals surface area contributed by atoms with Crippen molar-refractivity contribution >= 4 is 5.71 Å². The van der Waals surface area contributed by atoms with E-state index < -0.39 is 0 Å². The van der Waals surface area contributed by atoms with Crippen molar-refractivity contribution in [1.82, 2.24) is 0 Å². The van der Waals surface area contributed by atoms with Crippen LogP contribution in [0.4, 0.5) is 0 Å². The van der Waals surface area contributed by atoms with Crippen molar-refractivity contribution in [2.24, 2.45) is 5.16 Å². The number of oxime groups is 1. The predicted molar refractivity (Wildman–Crippen MR) is 85.6 cm³/mol. The highest BCUT2D eigenvalue weighted by Gasteiger charge is 2.11. The Morgan fingerprint density at radius 1 is 0.850 bits per heavy atom. The van der Waals surface area contributed by atoms with Gasteiger partial charge in [-0.25, -0.2) is 0 Å². The van der Waals surface area contributed by atoms with Crippen LogP contribution in [0, 0.1) is 0 Å². The highest BCUT2D eigenvalue weighted by Crippen LogP contribution is 2.20. The van der Waals surface area contributed by atoms with E-state index in [9.17, 15) is 0 Å². The Hall–Kier alpha value is -2.09. The second-order valence-corrected chi connectivity index (χ2v) is 5.67. The summed E-state index contributed by atoms with van der Waals surface area (Å²) in [5.74, 6) is 0. The highest BCUT2D eigenvalue weighted by molar-refractivity contribution is 5.98. The molecule has 2 aromatic rings. The van der Waals surface area contributed by atoms with Crippen LogP contribution in [0.25, 0.3) is 0 Å². The van der Waals surface area contributed by atoms with E-state index >= 15 is 0 Å². The molecule has 0 unspecified atom stereocenters. The first kappa shape index (κ1) is 16.0. The van der Waals surface area contributed by atoms with Gasteiger partial charge in [-0.1, -0.05) is 86.6 Å². The van der Waals surface area contributed by atoms with Crippen molar-refractivity contribution < 1.29 is 5.21 Å².